The number of hydrogen-bond donors (Lipinski definition) is 3. The SMILES string of the molecule is O=C(CCC(CO)CO)OCO.[Ca+2].[H-].[H-]. The van der Waals surface area contributed by atoms with Gasteiger partial charge in [-0.05, 0) is 6.42 Å². The molecule has 0 aliphatic heterocycles. The molecule has 6 heteroatoms. The maximum Gasteiger partial charge on any atom is 2.00 e. The normalized spacial score (nSPS) is 9.54. The molecule has 3 N–H and O–H groups in total. The first-order valence-electron chi connectivity index (χ1n) is 3.72. The number of hydrogen-bond acceptors (Lipinski definition) is 5. The summed E-state index contributed by atoms with van der Waals surface area (Å²) in [6.45, 7) is -0.923. The van der Waals surface area contributed by atoms with Gasteiger partial charge in [0.15, 0.2) is 6.79 Å². The van der Waals surface area contributed by atoms with E-state index in [9.17, 15) is 4.79 Å². The Bertz CT molecular complexity index is 135. The summed E-state index contributed by atoms with van der Waals surface area (Å²) < 4.78 is 4.23. The third kappa shape index (κ3) is 8.93. The number of aliphatic hydroxyl groups is 3. The van der Waals surface area contributed by atoms with Gasteiger partial charge in [-0.25, -0.2) is 0 Å². The van der Waals surface area contributed by atoms with Gasteiger partial charge in [0.2, 0.25) is 0 Å². The van der Waals surface area contributed by atoms with Crippen molar-refractivity contribution in [3.8, 4) is 0 Å². The number of carbonyl (C=O) groups excluding carboxylic acids is 1. The van der Waals surface area contributed by atoms with Gasteiger partial charge in [-0.3, -0.25) is 4.79 Å². The van der Waals surface area contributed by atoms with E-state index in [0.29, 0.717) is 6.42 Å². The molecular formula is C7H16CaO5. The quantitative estimate of drug-likeness (QED) is 0.294. The minimum Gasteiger partial charge on any atom is -1.00 e. The molecule has 0 amide bonds. The van der Waals surface area contributed by atoms with Crippen molar-refractivity contribution in [2.75, 3.05) is 20.0 Å². The molecule has 0 heterocycles. The van der Waals surface area contributed by atoms with Gasteiger partial charge in [-0.2, -0.15) is 0 Å². The molecular weight excluding hydrogens is 204 g/mol. The van der Waals surface area contributed by atoms with Crippen LogP contribution in [0.25, 0.3) is 0 Å². The first-order chi connectivity index (χ1) is 5.74. The van der Waals surface area contributed by atoms with E-state index >= 15 is 0 Å². The molecule has 0 aromatic rings. The Balaban J connectivity index is -0.000000202. The van der Waals surface area contributed by atoms with Gasteiger partial charge in [0.25, 0.3) is 0 Å². The van der Waals surface area contributed by atoms with E-state index in [0.717, 1.165) is 0 Å². The second-order valence-electron chi connectivity index (χ2n) is 2.42. The summed E-state index contributed by atoms with van der Waals surface area (Å²) in [7, 11) is 0. The largest absolute Gasteiger partial charge is 2.00 e. The molecule has 0 unspecified atom stereocenters. The molecule has 0 saturated heterocycles. The van der Waals surface area contributed by atoms with Crippen molar-refractivity contribution in [3.63, 3.8) is 0 Å². The second kappa shape index (κ2) is 10.7. The standard InChI is InChI=1S/C7H14O5.Ca.2H/c8-3-6(4-9)1-2-7(11)12-5-10;;;/h6,8-10H,1-5H2;;;/q;+2;2*-1. The molecule has 0 aromatic heterocycles. The first-order valence-corrected chi connectivity index (χ1v) is 3.72. The van der Waals surface area contributed by atoms with Crippen LogP contribution < -0.4 is 0 Å². The number of esters is 1. The average Bonchev–Trinajstić information content (AvgIpc) is 2.07. The van der Waals surface area contributed by atoms with E-state index in [1.807, 2.05) is 0 Å². The molecule has 0 fully saturated rings. The molecule has 0 aromatic carbocycles. The zero-order valence-electron chi connectivity index (χ0n) is 9.48. The maximum atomic E-state index is 10.6. The summed E-state index contributed by atoms with van der Waals surface area (Å²) in [6.07, 6.45) is 0.470. The number of carbonyl (C=O) groups is 1. The predicted molar refractivity (Wildman–Crippen MR) is 48.1 cm³/mol. The molecule has 76 valence electrons. The molecule has 0 bridgehead atoms. The molecule has 0 aliphatic rings. The van der Waals surface area contributed by atoms with Crippen LogP contribution >= 0.6 is 0 Å². The summed E-state index contributed by atoms with van der Waals surface area (Å²) in [4.78, 5) is 10.6. The first kappa shape index (κ1) is 16.1. The van der Waals surface area contributed by atoms with E-state index in [1.165, 1.54) is 0 Å². The Kier molecular flexibility index (Phi) is 13.2. The molecule has 5 nitrogen and oxygen atoms in total. The summed E-state index contributed by atoms with van der Waals surface area (Å²) in [6, 6.07) is 0. The molecule has 0 radical (unpaired) electrons. The smallest absolute Gasteiger partial charge is 1.00 e. The third-order valence-electron chi connectivity index (χ3n) is 1.50. The van der Waals surface area contributed by atoms with Crippen LogP contribution in [0, 0.1) is 5.92 Å². The van der Waals surface area contributed by atoms with Gasteiger partial charge >= 0.3 is 43.7 Å². The van der Waals surface area contributed by atoms with Crippen molar-refractivity contribution in [3.05, 3.63) is 0 Å². The molecule has 0 aliphatic carbocycles. The van der Waals surface area contributed by atoms with Crippen molar-refractivity contribution < 1.29 is 27.7 Å². The van der Waals surface area contributed by atoms with E-state index in [4.69, 9.17) is 15.3 Å². The van der Waals surface area contributed by atoms with Gasteiger partial charge in [0.1, 0.15) is 0 Å². The fourth-order valence-electron chi connectivity index (χ4n) is 0.706. The van der Waals surface area contributed by atoms with Crippen molar-refractivity contribution in [1.82, 2.24) is 0 Å². The van der Waals surface area contributed by atoms with Gasteiger partial charge < -0.3 is 22.9 Å². The van der Waals surface area contributed by atoms with Crippen LogP contribution in [0.2, 0.25) is 0 Å². The molecule has 0 atom stereocenters. The van der Waals surface area contributed by atoms with Crippen LogP contribution in [-0.2, 0) is 9.53 Å². The number of aliphatic hydroxyl groups excluding tert-OH is 3. The average molecular weight is 220 g/mol. The van der Waals surface area contributed by atoms with E-state index in [-0.39, 0.29) is 66.1 Å². The van der Waals surface area contributed by atoms with Crippen molar-refractivity contribution in [2.24, 2.45) is 5.92 Å². The zero-order valence-corrected chi connectivity index (χ0v) is 9.69. The van der Waals surface area contributed by atoms with Crippen LogP contribution in [0.3, 0.4) is 0 Å². The summed E-state index contributed by atoms with van der Waals surface area (Å²) >= 11 is 0. The van der Waals surface area contributed by atoms with Crippen molar-refractivity contribution in [1.29, 1.82) is 0 Å². The fourth-order valence-corrected chi connectivity index (χ4v) is 0.706. The summed E-state index contributed by atoms with van der Waals surface area (Å²) in [5.74, 6) is -0.805. The fraction of sp³-hybridized carbons (Fsp3) is 0.857. The Morgan fingerprint density at radius 3 is 2.23 bits per heavy atom. The van der Waals surface area contributed by atoms with Crippen molar-refractivity contribution >= 4 is 43.7 Å². The van der Waals surface area contributed by atoms with Crippen LogP contribution in [0.1, 0.15) is 15.7 Å². The number of ether oxygens (including phenoxy) is 1. The molecule has 0 spiro atoms. The van der Waals surface area contributed by atoms with Gasteiger partial charge in [0, 0.05) is 25.6 Å². The molecule has 0 saturated carbocycles. The summed E-state index contributed by atoms with van der Waals surface area (Å²) in [5.41, 5.74) is 0. The molecule has 0 rings (SSSR count). The zero-order chi connectivity index (χ0) is 9.40. The Morgan fingerprint density at radius 1 is 1.31 bits per heavy atom. The Morgan fingerprint density at radius 2 is 1.85 bits per heavy atom. The monoisotopic (exact) mass is 220 g/mol. The predicted octanol–water partition coefficient (Wildman–Crippen LogP) is -1.30. The van der Waals surface area contributed by atoms with Gasteiger partial charge in [0.05, 0.1) is 0 Å². The minimum absolute atomic E-state index is 0. The third-order valence-corrected chi connectivity index (χ3v) is 1.50. The van der Waals surface area contributed by atoms with E-state index in [1.54, 1.807) is 0 Å². The van der Waals surface area contributed by atoms with E-state index in [2.05, 4.69) is 4.74 Å². The van der Waals surface area contributed by atoms with Gasteiger partial charge in [-0.1, -0.05) is 0 Å². The van der Waals surface area contributed by atoms with Crippen LogP contribution in [-0.4, -0.2) is 79.0 Å². The Hall–Kier alpha value is 0.610. The number of rotatable bonds is 6. The Labute approximate surface area is 110 Å². The second-order valence-corrected chi connectivity index (χ2v) is 2.42. The van der Waals surface area contributed by atoms with Crippen molar-refractivity contribution in [2.45, 2.75) is 12.8 Å². The minimum atomic E-state index is -0.623. The van der Waals surface area contributed by atoms with E-state index < -0.39 is 12.8 Å². The van der Waals surface area contributed by atoms with Gasteiger partial charge in [-0.15, -0.1) is 0 Å². The van der Waals surface area contributed by atoms with Crippen LogP contribution in [0.15, 0.2) is 0 Å². The van der Waals surface area contributed by atoms with Crippen LogP contribution in [0.5, 0.6) is 0 Å². The summed E-state index contributed by atoms with van der Waals surface area (Å²) in [5, 5.41) is 25.4. The molecule has 13 heavy (non-hydrogen) atoms. The topological polar surface area (TPSA) is 87.0 Å². The maximum absolute atomic E-state index is 10.6. The van der Waals surface area contributed by atoms with Crippen LogP contribution in [0.4, 0.5) is 0 Å².